The molecule has 3 rings (SSSR count). The molecule has 0 fully saturated rings. The van der Waals surface area contributed by atoms with E-state index in [-0.39, 0.29) is 4.90 Å². The molecule has 0 saturated carbocycles. The van der Waals surface area contributed by atoms with Gasteiger partial charge < -0.3 is 0 Å². The molecule has 0 spiro atoms. The number of H-pyrrole nitrogens is 1. The van der Waals surface area contributed by atoms with E-state index in [0.29, 0.717) is 17.2 Å². The van der Waals surface area contributed by atoms with Gasteiger partial charge in [0.2, 0.25) is 10.0 Å². The van der Waals surface area contributed by atoms with Crippen molar-refractivity contribution in [2.45, 2.75) is 24.8 Å². The van der Waals surface area contributed by atoms with Crippen LogP contribution in [0.15, 0.2) is 35.5 Å². The number of sulfonamides is 1. The molecule has 0 aromatic carbocycles. The average Bonchev–Trinajstić information content (AvgIpc) is 3.04. The van der Waals surface area contributed by atoms with Gasteiger partial charge in [0.15, 0.2) is 11.5 Å². The molecule has 0 aliphatic rings. The van der Waals surface area contributed by atoms with Crippen LogP contribution in [0.25, 0.3) is 5.65 Å². The normalized spacial score (nSPS) is 13.6. The molecule has 8 nitrogen and oxygen atoms in total. The van der Waals surface area contributed by atoms with Gasteiger partial charge in [-0.3, -0.25) is 9.50 Å². The van der Waals surface area contributed by atoms with Crippen molar-refractivity contribution in [3.8, 4) is 0 Å². The van der Waals surface area contributed by atoms with Crippen molar-refractivity contribution in [2.75, 3.05) is 0 Å². The molecule has 0 radical (unpaired) electrons. The van der Waals surface area contributed by atoms with Crippen LogP contribution >= 0.6 is 0 Å². The van der Waals surface area contributed by atoms with E-state index < -0.39 is 16.1 Å². The summed E-state index contributed by atoms with van der Waals surface area (Å²) in [6, 6.07) is 4.96. The molecule has 0 aliphatic carbocycles. The van der Waals surface area contributed by atoms with Gasteiger partial charge in [-0.1, -0.05) is 6.07 Å². The van der Waals surface area contributed by atoms with E-state index >= 15 is 0 Å². The van der Waals surface area contributed by atoms with Gasteiger partial charge in [-0.15, -0.1) is 10.2 Å². The van der Waals surface area contributed by atoms with Gasteiger partial charge in [-0.05, 0) is 26.0 Å². The van der Waals surface area contributed by atoms with Crippen molar-refractivity contribution in [3.05, 3.63) is 42.1 Å². The van der Waals surface area contributed by atoms with Gasteiger partial charge in [0.05, 0.1) is 17.9 Å². The first-order valence-electron chi connectivity index (χ1n) is 6.31. The number of fused-ring (bicyclic) bond motifs is 1. The van der Waals surface area contributed by atoms with Crippen LogP contribution in [-0.2, 0) is 10.0 Å². The molecule has 3 heterocycles. The Bertz CT molecular complexity index is 882. The second-order valence-corrected chi connectivity index (χ2v) is 6.37. The smallest absolute Gasteiger partial charge is 0.244 e. The largest absolute Gasteiger partial charge is 0.285 e. The van der Waals surface area contributed by atoms with Crippen LogP contribution in [0.2, 0.25) is 0 Å². The molecular weight excluding hydrogens is 292 g/mol. The molecule has 0 amide bonds. The van der Waals surface area contributed by atoms with Crippen LogP contribution in [0.3, 0.4) is 0 Å². The highest BCUT2D eigenvalue weighted by Gasteiger charge is 2.24. The lowest BCUT2D eigenvalue weighted by atomic mass is 10.3. The fourth-order valence-electron chi connectivity index (χ4n) is 2.11. The molecule has 110 valence electrons. The Morgan fingerprint density at radius 3 is 2.86 bits per heavy atom. The van der Waals surface area contributed by atoms with E-state index in [9.17, 15) is 8.42 Å². The number of nitrogens with one attached hydrogen (secondary N) is 2. The Labute approximate surface area is 121 Å². The Morgan fingerprint density at radius 1 is 1.33 bits per heavy atom. The predicted octanol–water partition coefficient (Wildman–Crippen LogP) is 0.800. The number of pyridine rings is 1. The number of rotatable bonds is 4. The molecule has 9 heteroatoms. The molecule has 3 aromatic rings. The van der Waals surface area contributed by atoms with Crippen molar-refractivity contribution >= 4 is 15.7 Å². The standard InChI is InChI=1S/C12H14N6O2S/c1-8-10(7-13-14-8)21(19,20)17-9(2)12-16-15-11-5-3-4-6-18(11)12/h3-7,9,17H,1-2H3,(H,13,14). The molecule has 1 atom stereocenters. The van der Waals surface area contributed by atoms with E-state index in [1.807, 2.05) is 12.1 Å². The van der Waals surface area contributed by atoms with E-state index in [1.165, 1.54) is 6.20 Å². The molecule has 2 N–H and O–H groups in total. The van der Waals surface area contributed by atoms with E-state index in [1.54, 1.807) is 30.5 Å². The monoisotopic (exact) mass is 306 g/mol. The first-order chi connectivity index (χ1) is 9.99. The summed E-state index contributed by atoms with van der Waals surface area (Å²) in [5.74, 6) is 0.523. The van der Waals surface area contributed by atoms with Crippen LogP contribution in [0.1, 0.15) is 24.5 Å². The quantitative estimate of drug-likeness (QED) is 0.742. The maximum Gasteiger partial charge on any atom is 0.244 e. The molecule has 0 aliphatic heterocycles. The zero-order valence-corrected chi connectivity index (χ0v) is 12.3. The molecule has 0 bridgehead atoms. The zero-order chi connectivity index (χ0) is 15.0. The maximum absolute atomic E-state index is 12.3. The molecule has 1 unspecified atom stereocenters. The molecule has 21 heavy (non-hydrogen) atoms. The fourth-order valence-corrected chi connectivity index (χ4v) is 3.45. The second kappa shape index (κ2) is 4.93. The SMILES string of the molecule is Cc1[nH]ncc1S(=O)(=O)NC(C)c1nnc2ccccn12. The molecule has 3 aromatic heterocycles. The first-order valence-corrected chi connectivity index (χ1v) is 7.79. The van der Waals surface area contributed by atoms with Gasteiger partial charge in [-0.25, -0.2) is 13.1 Å². The summed E-state index contributed by atoms with van der Waals surface area (Å²) in [6.45, 7) is 3.37. The summed E-state index contributed by atoms with van der Waals surface area (Å²) in [5, 5.41) is 14.4. The number of hydrogen-bond donors (Lipinski definition) is 2. The average molecular weight is 306 g/mol. The van der Waals surface area contributed by atoms with Gasteiger partial charge in [0.25, 0.3) is 0 Å². The number of hydrogen-bond acceptors (Lipinski definition) is 5. The predicted molar refractivity (Wildman–Crippen MR) is 75.0 cm³/mol. The summed E-state index contributed by atoms with van der Waals surface area (Å²) < 4.78 is 29.0. The zero-order valence-electron chi connectivity index (χ0n) is 11.5. The highest BCUT2D eigenvalue weighted by Crippen LogP contribution is 2.17. The number of aryl methyl sites for hydroxylation is 1. The van der Waals surface area contributed by atoms with Crippen molar-refractivity contribution in [3.63, 3.8) is 0 Å². The van der Waals surface area contributed by atoms with Crippen LogP contribution in [0.4, 0.5) is 0 Å². The highest BCUT2D eigenvalue weighted by molar-refractivity contribution is 7.89. The van der Waals surface area contributed by atoms with Crippen LogP contribution in [-0.4, -0.2) is 33.2 Å². The Morgan fingerprint density at radius 2 is 2.14 bits per heavy atom. The maximum atomic E-state index is 12.3. The van der Waals surface area contributed by atoms with Crippen LogP contribution in [0, 0.1) is 6.92 Å². The first kappa shape index (κ1) is 13.7. The van der Waals surface area contributed by atoms with Gasteiger partial charge >= 0.3 is 0 Å². The lowest BCUT2D eigenvalue weighted by Gasteiger charge is -2.12. The Balaban J connectivity index is 1.93. The van der Waals surface area contributed by atoms with Gasteiger partial charge in [-0.2, -0.15) is 5.10 Å². The highest BCUT2D eigenvalue weighted by atomic mass is 32.2. The van der Waals surface area contributed by atoms with Crippen LogP contribution < -0.4 is 4.72 Å². The molecular formula is C12H14N6O2S. The van der Waals surface area contributed by atoms with Crippen LogP contribution in [0.5, 0.6) is 0 Å². The second-order valence-electron chi connectivity index (χ2n) is 4.69. The van der Waals surface area contributed by atoms with Crippen molar-refractivity contribution in [1.82, 2.24) is 29.5 Å². The summed E-state index contributed by atoms with van der Waals surface area (Å²) in [7, 11) is -3.67. The van der Waals surface area contributed by atoms with Crippen molar-refractivity contribution in [1.29, 1.82) is 0 Å². The summed E-state index contributed by atoms with van der Waals surface area (Å²) >= 11 is 0. The minimum Gasteiger partial charge on any atom is -0.285 e. The Hall–Kier alpha value is -2.26. The lowest BCUT2D eigenvalue weighted by molar-refractivity contribution is 0.558. The van der Waals surface area contributed by atoms with Gasteiger partial charge in [0.1, 0.15) is 4.90 Å². The minimum absolute atomic E-state index is 0.128. The third-order valence-electron chi connectivity index (χ3n) is 3.13. The Kier molecular flexibility index (Phi) is 3.22. The number of aromatic nitrogens is 5. The number of aromatic amines is 1. The van der Waals surface area contributed by atoms with Gasteiger partial charge in [0, 0.05) is 6.20 Å². The van der Waals surface area contributed by atoms with E-state index in [0.717, 1.165) is 0 Å². The fraction of sp³-hybridized carbons (Fsp3) is 0.250. The minimum atomic E-state index is -3.67. The van der Waals surface area contributed by atoms with Crippen molar-refractivity contribution in [2.24, 2.45) is 0 Å². The lowest BCUT2D eigenvalue weighted by Crippen LogP contribution is -2.28. The number of nitrogens with zero attached hydrogens (tertiary/aromatic N) is 4. The summed E-state index contributed by atoms with van der Waals surface area (Å²) in [6.07, 6.45) is 3.07. The van der Waals surface area contributed by atoms with E-state index in [2.05, 4.69) is 25.1 Å². The van der Waals surface area contributed by atoms with Crippen molar-refractivity contribution < 1.29 is 8.42 Å². The summed E-state index contributed by atoms with van der Waals surface area (Å²) in [4.78, 5) is 0.128. The topological polar surface area (TPSA) is 105 Å². The molecule has 0 saturated heterocycles. The third kappa shape index (κ3) is 2.41. The van der Waals surface area contributed by atoms with E-state index in [4.69, 9.17) is 0 Å². The third-order valence-corrected chi connectivity index (χ3v) is 4.79. The summed E-state index contributed by atoms with van der Waals surface area (Å²) in [5.41, 5.74) is 1.15.